The number of aryl methyl sites for hydroxylation is 1. The number of allylic oxidation sites excluding steroid dienone is 1. The maximum Gasteiger partial charge on any atom is 0.0544 e. The lowest BCUT2D eigenvalue weighted by atomic mass is 9.87. The molecule has 1 aromatic heterocycles. The Kier molecular flexibility index (Phi) is 3.33. The highest BCUT2D eigenvalue weighted by atomic mass is 15.0. The van der Waals surface area contributed by atoms with Gasteiger partial charge in [0, 0.05) is 16.8 Å². The Morgan fingerprint density at radius 2 is 1.62 bits per heavy atom. The third kappa shape index (κ3) is 2.31. The van der Waals surface area contributed by atoms with Crippen LogP contribution in [0.5, 0.6) is 0 Å². The summed E-state index contributed by atoms with van der Waals surface area (Å²) in [5, 5.41) is 4.11. The first-order chi connectivity index (χ1) is 12.6. The maximum atomic E-state index is 2.44. The normalized spacial score (nSPS) is 15.9. The topological polar surface area (TPSA) is 4.93 Å². The molecule has 1 aliphatic rings. The van der Waals surface area contributed by atoms with Crippen molar-refractivity contribution in [1.29, 1.82) is 0 Å². The molecule has 5 rings (SSSR count). The second kappa shape index (κ2) is 5.60. The number of para-hydroxylation sites is 1. The largest absolute Gasteiger partial charge is 0.310 e. The monoisotopic (exact) mass is 337 g/mol. The lowest BCUT2D eigenvalue weighted by molar-refractivity contribution is 0.443. The predicted molar refractivity (Wildman–Crippen MR) is 112 cm³/mol. The van der Waals surface area contributed by atoms with E-state index in [0.29, 0.717) is 0 Å². The van der Waals surface area contributed by atoms with Crippen molar-refractivity contribution in [3.8, 4) is 5.69 Å². The average Bonchev–Trinajstić information content (AvgIpc) is 2.90. The van der Waals surface area contributed by atoms with Crippen molar-refractivity contribution in [3.05, 3.63) is 84.1 Å². The van der Waals surface area contributed by atoms with E-state index in [1.165, 1.54) is 45.0 Å². The van der Waals surface area contributed by atoms with E-state index in [4.69, 9.17) is 0 Å². The van der Waals surface area contributed by atoms with Crippen molar-refractivity contribution in [3.63, 3.8) is 0 Å². The van der Waals surface area contributed by atoms with Gasteiger partial charge >= 0.3 is 0 Å². The number of aromatic nitrogens is 1. The van der Waals surface area contributed by atoms with Crippen LogP contribution < -0.4 is 0 Å². The third-order valence-corrected chi connectivity index (χ3v) is 5.73. The minimum atomic E-state index is 0.234. The van der Waals surface area contributed by atoms with E-state index in [-0.39, 0.29) is 5.41 Å². The fraction of sp³-hybridized carbons (Fsp3) is 0.200. The first-order valence-electron chi connectivity index (χ1n) is 9.44. The summed E-state index contributed by atoms with van der Waals surface area (Å²) in [6.45, 7) is 4.67. The van der Waals surface area contributed by atoms with Crippen LogP contribution in [0.2, 0.25) is 0 Å². The summed E-state index contributed by atoms with van der Waals surface area (Å²) >= 11 is 0. The summed E-state index contributed by atoms with van der Waals surface area (Å²) in [6.07, 6.45) is 7.02. The number of nitrogens with zero attached hydrogens (tertiary/aromatic N) is 1. The summed E-state index contributed by atoms with van der Waals surface area (Å²) in [6, 6.07) is 24.1. The summed E-state index contributed by atoms with van der Waals surface area (Å²) in [7, 11) is 0. The smallest absolute Gasteiger partial charge is 0.0544 e. The molecule has 1 aliphatic carbocycles. The van der Waals surface area contributed by atoms with E-state index in [2.05, 4.69) is 97.3 Å². The summed E-state index contributed by atoms with van der Waals surface area (Å²) < 4.78 is 2.44. The molecule has 1 nitrogen and oxygen atoms in total. The molecule has 3 aromatic carbocycles. The molecule has 0 saturated carbocycles. The molecule has 0 radical (unpaired) electrons. The predicted octanol–water partition coefficient (Wildman–Crippen LogP) is 6.77. The second-order valence-corrected chi connectivity index (χ2v) is 8.04. The molecule has 1 heteroatoms. The molecule has 0 bridgehead atoms. The van der Waals surface area contributed by atoms with Crippen LogP contribution in [0.3, 0.4) is 0 Å². The van der Waals surface area contributed by atoms with E-state index < -0.39 is 0 Å². The van der Waals surface area contributed by atoms with Crippen molar-refractivity contribution in [2.45, 2.75) is 26.7 Å². The van der Waals surface area contributed by atoms with Crippen molar-refractivity contribution in [2.75, 3.05) is 0 Å². The van der Waals surface area contributed by atoms with Crippen LogP contribution in [0.15, 0.2) is 72.8 Å². The van der Waals surface area contributed by atoms with Crippen LogP contribution in [0.25, 0.3) is 33.4 Å². The third-order valence-electron chi connectivity index (χ3n) is 5.73. The van der Waals surface area contributed by atoms with Crippen LogP contribution in [-0.2, 0) is 6.42 Å². The second-order valence-electron chi connectivity index (χ2n) is 8.04. The SMILES string of the molecule is CC1(C)C=Cc2c(c3c4ccccc4ccc3n2-c2ccccc2)CC1. The summed E-state index contributed by atoms with van der Waals surface area (Å²) in [5.41, 5.74) is 5.61. The molecule has 0 saturated heterocycles. The molecular formula is C25H23N. The van der Waals surface area contributed by atoms with Crippen molar-refractivity contribution in [2.24, 2.45) is 5.41 Å². The Morgan fingerprint density at radius 3 is 2.46 bits per heavy atom. The highest BCUT2D eigenvalue weighted by molar-refractivity contribution is 6.10. The zero-order chi connectivity index (χ0) is 17.7. The van der Waals surface area contributed by atoms with Gasteiger partial charge in [0.05, 0.1) is 5.52 Å². The van der Waals surface area contributed by atoms with Gasteiger partial charge in [-0.25, -0.2) is 0 Å². The van der Waals surface area contributed by atoms with Gasteiger partial charge in [0.2, 0.25) is 0 Å². The standard InChI is InChI=1S/C25H23N/c1-25(2)16-14-21-22(15-17-25)26(19-9-4-3-5-10-19)23-13-12-18-8-6-7-11-20(18)24(21)23/h3-13,15,17H,14,16H2,1-2H3. The Labute approximate surface area is 154 Å². The number of benzene rings is 3. The highest BCUT2D eigenvalue weighted by Gasteiger charge is 2.24. The first-order valence-corrected chi connectivity index (χ1v) is 9.44. The van der Waals surface area contributed by atoms with Gasteiger partial charge in [0.25, 0.3) is 0 Å². The van der Waals surface area contributed by atoms with Gasteiger partial charge in [-0.1, -0.05) is 68.5 Å². The lowest BCUT2D eigenvalue weighted by Crippen LogP contribution is -2.06. The van der Waals surface area contributed by atoms with E-state index in [9.17, 15) is 0 Å². The molecule has 26 heavy (non-hydrogen) atoms. The number of hydrogen-bond donors (Lipinski definition) is 0. The van der Waals surface area contributed by atoms with Gasteiger partial charge in [-0.05, 0) is 58.9 Å². The van der Waals surface area contributed by atoms with Crippen LogP contribution in [0, 0.1) is 5.41 Å². The van der Waals surface area contributed by atoms with Crippen molar-refractivity contribution < 1.29 is 0 Å². The first kappa shape index (κ1) is 15.5. The molecule has 128 valence electrons. The van der Waals surface area contributed by atoms with Crippen molar-refractivity contribution >= 4 is 27.8 Å². The number of rotatable bonds is 1. The molecule has 0 amide bonds. The molecule has 0 aliphatic heterocycles. The molecule has 4 aromatic rings. The Hall–Kier alpha value is -2.80. The van der Waals surface area contributed by atoms with E-state index in [1.54, 1.807) is 0 Å². The fourth-order valence-electron chi connectivity index (χ4n) is 4.27. The Balaban J connectivity index is 1.94. The van der Waals surface area contributed by atoms with E-state index in [0.717, 1.165) is 6.42 Å². The fourth-order valence-corrected chi connectivity index (χ4v) is 4.27. The van der Waals surface area contributed by atoms with Gasteiger partial charge < -0.3 is 4.57 Å². The Morgan fingerprint density at radius 1 is 0.846 bits per heavy atom. The molecule has 0 N–H and O–H groups in total. The minimum absolute atomic E-state index is 0.234. The van der Waals surface area contributed by atoms with Gasteiger partial charge in [-0.15, -0.1) is 0 Å². The van der Waals surface area contributed by atoms with Crippen LogP contribution in [-0.4, -0.2) is 4.57 Å². The van der Waals surface area contributed by atoms with Gasteiger partial charge in [-0.2, -0.15) is 0 Å². The molecule has 0 spiro atoms. The summed E-state index contributed by atoms with van der Waals surface area (Å²) in [4.78, 5) is 0. The van der Waals surface area contributed by atoms with Gasteiger partial charge in [-0.3, -0.25) is 0 Å². The maximum absolute atomic E-state index is 2.44. The molecule has 0 unspecified atom stereocenters. The summed E-state index contributed by atoms with van der Waals surface area (Å²) in [5.74, 6) is 0. The molecular weight excluding hydrogens is 314 g/mol. The quantitative estimate of drug-likeness (QED) is 0.361. The van der Waals surface area contributed by atoms with E-state index >= 15 is 0 Å². The van der Waals surface area contributed by atoms with Gasteiger partial charge in [0.1, 0.15) is 0 Å². The van der Waals surface area contributed by atoms with Crippen LogP contribution in [0.4, 0.5) is 0 Å². The lowest BCUT2D eigenvalue weighted by Gasteiger charge is -2.18. The molecule has 0 fully saturated rings. The average molecular weight is 337 g/mol. The van der Waals surface area contributed by atoms with Crippen molar-refractivity contribution in [1.82, 2.24) is 4.57 Å². The number of fused-ring (bicyclic) bond motifs is 5. The number of hydrogen-bond acceptors (Lipinski definition) is 0. The molecule has 1 heterocycles. The zero-order valence-electron chi connectivity index (χ0n) is 15.4. The van der Waals surface area contributed by atoms with Crippen LogP contribution >= 0.6 is 0 Å². The minimum Gasteiger partial charge on any atom is -0.310 e. The zero-order valence-corrected chi connectivity index (χ0v) is 15.4. The Bertz CT molecular complexity index is 1140. The van der Waals surface area contributed by atoms with Crippen LogP contribution in [0.1, 0.15) is 31.5 Å². The van der Waals surface area contributed by atoms with E-state index in [1.807, 2.05) is 0 Å². The molecule has 0 atom stereocenters. The van der Waals surface area contributed by atoms with Gasteiger partial charge in [0.15, 0.2) is 0 Å². The highest BCUT2D eigenvalue weighted by Crippen LogP contribution is 2.40.